The first-order chi connectivity index (χ1) is 9.00. The van der Waals surface area contributed by atoms with E-state index in [9.17, 15) is 14.4 Å². The van der Waals surface area contributed by atoms with Crippen LogP contribution in [-0.4, -0.2) is 40.4 Å². The number of carboxylic acids is 1. The highest BCUT2D eigenvalue weighted by Crippen LogP contribution is 2.20. The zero-order valence-corrected chi connectivity index (χ0v) is 10.2. The second-order valence-corrected chi connectivity index (χ2v) is 4.38. The maximum Gasteiger partial charge on any atom is 0.371 e. The molecule has 102 valence electrons. The summed E-state index contributed by atoms with van der Waals surface area (Å²) in [5, 5.41) is 8.74. The molecular formula is C12H14N2O5. The molecule has 0 aliphatic carbocycles. The van der Waals surface area contributed by atoms with Gasteiger partial charge in [0.1, 0.15) is 6.04 Å². The molecule has 7 heteroatoms. The Bertz CT molecular complexity index is 522. The quantitative estimate of drug-likeness (QED) is 0.824. The Morgan fingerprint density at radius 3 is 2.53 bits per heavy atom. The van der Waals surface area contributed by atoms with Crippen molar-refractivity contribution in [1.82, 2.24) is 4.90 Å². The van der Waals surface area contributed by atoms with E-state index in [-0.39, 0.29) is 11.5 Å². The van der Waals surface area contributed by atoms with Crippen LogP contribution in [0.15, 0.2) is 16.5 Å². The van der Waals surface area contributed by atoms with Crippen LogP contribution in [0.4, 0.5) is 0 Å². The number of carbonyl (C=O) groups is 3. The van der Waals surface area contributed by atoms with Crippen LogP contribution in [0.2, 0.25) is 0 Å². The standard InChI is InChI=1S/C12H14N2O5/c13-10(15)7-3-1-2-6-14(7)11(16)8-4-5-9(19-8)12(17)18/h4-5,7H,1-3,6H2,(H2,13,15)(H,17,18). The maximum absolute atomic E-state index is 12.2. The van der Waals surface area contributed by atoms with E-state index in [0.717, 1.165) is 12.8 Å². The lowest BCUT2D eigenvalue weighted by atomic mass is 10.0. The van der Waals surface area contributed by atoms with Gasteiger partial charge in [0.2, 0.25) is 11.7 Å². The van der Waals surface area contributed by atoms with Gasteiger partial charge in [0.15, 0.2) is 5.76 Å². The molecule has 0 saturated carbocycles. The Morgan fingerprint density at radius 2 is 1.95 bits per heavy atom. The van der Waals surface area contributed by atoms with Crippen molar-refractivity contribution >= 4 is 17.8 Å². The fourth-order valence-corrected chi connectivity index (χ4v) is 2.18. The first kappa shape index (κ1) is 13.1. The molecule has 0 radical (unpaired) electrons. The average Bonchev–Trinajstić information content (AvgIpc) is 2.87. The summed E-state index contributed by atoms with van der Waals surface area (Å²) in [6, 6.07) is 1.84. The third-order valence-corrected chi connectivity index (χ3v) is 3.12. The van der Waals surface area contributed by atoms with Crippen molar-refractivity contribution in [3.63, 3.8) is 0 Å². The topological polar surface area (TPSA) is 114 Å². The summed E-state index contributed by atoms with van der Waals surface area (Å²) in [5.41, 5.74) is 5.27. The molecule has 3 N–H and O–H groups in total. The fraction of sp³-hybridized carbons (Fsp3) is 0.417. The minimum atomic E-state index is -1.25. The van der Waals surface area contributed by atoms with Gasteiger partial charge in [-0.2, -0.15) is 0 Å². The lowest BCUT2D eigenvalue weighted by Crippen LogP contribution is -2.50. The summed E-state index contributed by atoms with van der Waals surface area (Å²) in [7, 11) is 0. The molecule has 1 aromatic heterocycles. The highest BCUT2D eigenvalue weighted by Gasteiger charge is 2.32. The molecule has 1 atom stereocenters. The minimum absolute atomic E-state index is 0.0921. The number of hydrogen-bond acceptors (Lipinski definition) is 4. The van der Waals surface area contributed by atoms with Crippen molar-refractivity contribution in [2.45, 2.75) is 25.3 Å². The summed E-state index contributed by atoms with van der Waals surface area (Å²) < 4.78 is 4.95. The van der Waals surface area contributed by atoms with Gasteiger partial charge in [0.25, 0.3) is 5.91 Å². The van der Waals surface area contributed by atoms with E-state index >= 15 is 0 Å². The number of carboxylic acid groups (broad SMARTS) is 1. The Morgan fingerprint density at radius 1 is 1.26 bits per heavy atom. The number of hydrogen-bond donors (Lipinski definition) is 2. The first-order valence-electron chi connectivity index (χ1n) is 5.94. The van der Waals surface area contributed by atoms with Gasteiger partial charge >= 0.3 is 5.97 Å². The van der Waals surface area contributed by atoms with Crippen LogP contribution in [0, 0.1) is 0 Å². The van der Waals surface area contributed by atoms with Crippen LogP contribution in [-0.2, 0) is 4.79 Å². The maximum atomic E-state index is 12.2. The van der Waals surface area contributed by atoms with Crippen LogP contribution in [0.3, 0.4) is 0 Å². The molecule has 1 fully saturated rings. The van der Waals surface area contributed by atoms with Crippen LogP contribution >= 0.6 is 0 Å². The molecule has 7 nitrogen and oxygen atoms in total. The molecule has 0 bridgehead atoms. The summed E-state index contributed by atoms with van der Waals surface area (Å²) in [6.45, 7) is 0.412. The van der Waals surface area contributed by atoms with Gasteiger partial charge in [-0.25, -0.2) is 4.79 Å². The van der Waals surface area contributed by atoms with Gasteiger partial charge in [-0.3, -0.25) is 9.59 Å². The SMILES string of the molecule is NC(=O)C1CCCCN1C(=O)c1ccc(C(=O)O)o1. The number of furan rings is 1. The van der Waals surface area contributed by atoms with Crippen LogP contribution < -0.4 is 5.73 Å². The van der Waals surface area contributed by atoms with E-state index in [1.54, 1.807) is 0 Å². The average molecular weight is 266 g/mol. The number of carbonyl (C=O) groups excluding carboxylic acids is 2. The molecule has 1 aliphatic heterocycles. The summed E-state index contributed by atoms with van der Waals surface area (Å²) in [4.78, 5) is 35.5. The van der Waals surface area contributed by atoms with Gasteiger partial charge in [-0.1, -0.05) is 0 Å². The summed E-state index contributed by atoms with van der Waals surface area (Å²) in [5.74, 6) is -2.71. The Labute approximate surface area is 109 Å². The zero-order valence-electron chi connectivity index (χ0n) is 10.2. The minimum Gasteiger partial charge on any atom is -0.475 e. The van der Waals surface area contributed by atoms with Gasteiger partial charge < -0.3 is 20.2 Å². The molecule has 0 aromatic carbocycles. The van der Waals surface area contributed by atoms with E-state index in [0.29, 0.717) is 13.0 Å². The molecule has 0 spiro atoms. The molecular weight excluding hydrogens is 252 g/mol. The highest BCUT2D eigenvalue weighted by molar-refractivity contribution is 5.96. The summed E-state index contributed by atoms with van der Waals surface area (Å²) in [6.07, 6.45) is 2.13. The van der Waals surface area contributed by atoms with E-state index < -0.39 is 23.8 Å². The van der Waals surface area contributed by atoms with Gasteiger partial charge in [-0.15, -0.1) is 0 Å². The largest absolute Gasteiger partial charge is 0.475 e. The molecule has 1 aromatic rings. The predicted molar refractivity (Wildman–Crippen MR) is 63.5 cm³/mol. The second kappa shape index (κ2) is 5.13. The third-order valence-electron chi connectivity index (χ3n) is 3.12. The third kappa shape index (κ3) is 2.59. The van der Waals surface area contributed by atoms with Gasteiger partial charge in [-0.05, 0) is 31.4 Å². The summed E-state index contributed by atoms with van der Waals surface area (Å²) >= 11 is 0. The van der Waals surface area contributed by atoms with E-state index in [4.69, 9.17) is 15.3 Å². The van der Waals surface area contributed by atoms with Crippen molar-refractivity contribution < 1.29 is 23.9 Å². The monoisotopic (exact) mass is 266 g/mol. The van der Waals surface area contributed by atoms with Gasteiger partial charge in [0.05, 0.1) is 0 Å². The second-order valence-electron chi connectivity index (χ2n) is 4.38. The number of likely N-dealkylation sites (tertiary alicyclic amines) is 1. The van der Waals surface area contributed by atoms with E-state index in [1.165, 1.54) is 17.0 Å². The highest BCUT2D eigenvalue weighted by atomic mass is 16.4. The molecule has 1 aliphatic rings. The predicted octanol–water partition coefficient (Wildman–Crippen LogP) is 0.458. The first-order valence-corrected chi connectivity index (χ1v) is 5.94. The number of nitrogens with zero attached hydrogens (tertiary/aromatic N) is 1. The number of rotatable bonds is 3. The number of primary amides is 1. The van der Waals surface area contributed by atoms with Crippen molar-refractivity contribution in [3.8, 4) is 0 Å². The lowest BCUT2D eigenvalue weighted by molar-refractivity contribution is -0.123. The van der Waals surface area contributed by atoms with Crippen LogP contribution in [0.1, 0.15) is 40.4 Å². The molecule has 1 unspecified atom stereocenters. The number of amides is 2. The molecule has 1 saturated heterocycles. The van der Waals surface area contributed by atoms with Crippen molar-refractivity contribution in [1.29, 1.82) is 0 Å². The zero-order chi connectivity index (χ0) is 14.0. The number of nitrogens with two attached hydrogens (primary N) is 1. The molecule has 2 heterocycles. The molecule has 19 heavy (non-hydrogen) atoms. The Kier molecular flexibility index (Phi) is 3.55. The van der Waals surface area contributed by atoms with Crippen molar-refractivity contribution in [2.75, 3.05) is 6.54 Å². The van der Waals surface area contributed by atoms with E-state index in [2.05, 4.69) is 0 Å². The van der Waals surface area contributed by atoms with Crippen LogP contribution in [0.25, 0.3) is 0 Å². The number of aromatic carboxylic acids is 1. The smallest absolute Gasteiger partial charge is 0.371 e. The Balaban J connectivity index is 2.21. The molecule has 2 amide bonds. The van der Waals surface area contributed by atoms with Crippen LogP contribution in [0.5, 0.6) is 0 Å². The number of piperidine rings is 1. The lowest BCUT2D eigenvalue weighted by Gasteiger charge is -2.32. The van der Waals surface area contributed by atoms with Crippen molar-refractivity contribution in [2.24, 2.45) is 5.73 Å². The van der Waals surface area contributed by atoms with Crippen molar-refractivity contribution in [3.05, 3.63) is 23.7 Å². The molecule has 2 rings (SSSR count). The van der Waals surface area contributed by atoms with Gasteiger partial charge in [0, 0.05) is 6.54 Å². The fourth-order valence-electron chi connectivity index (χ4n) is 2.18. The normalized spacial score (nSPS) is 19.2. The van der Waals surface area contributed by atoms with E-state index in [1.807, 2.05) is 0 Å². The Hall–Kier alpha value is -2.31.